The molecule has 0 aromatic carbocycles. The number of anilines is 1. The van der Waals surface area contributed by atoms with Crippen molar-refractivity contribution in [3.05, 3.63) is 51.2 Å². The molecule has 0 spiro atoms. The Kier molecular flexibility index (Phi) is 14.4. The van der Waals surface area contributed by atoms with Gasteiger partial charge < -0.3 is 43.0 Å². The lowest BCUT2D eigenvalue weighted by Crippen LogP contribution is -2.49. The third-order valence-corrected chi connectivity index (χ3v) is 24.2. The summed E-state index contributed by atoms with van der Waals surface area (Å²) in [6, 6.07) is 1.14. The van der Waals surface area contributed by atoms with Crippen LogP contribution >= 0.6 is 26.2 Å². The highest BCUT2D eigenvalue weighted by Gasteiger charge is 2.55. The van der Waals surface area contributed by atoms with E-state index in [4.69, 9.17) is 44.0 Å². The van der Waals surface area contributed by atoms with Crippen molar-refractivity contribution in [2.24, 2.45) is 0 Å². The second-order valence-electron chi connectivity index (χ2n) is 18.7. The number of aliphatic hydroxyl groups excluding tert-OH is 1. The molecule has 18 nitrogen and oxygen atoms in total. The Morgan fingerprint density at radius 3 is 2.33 bits per heavy atom. The average Bonchev–Trinajstić information content (AvgIpc) is 3.72. The first kappa shape index (κ1) is 47.7. The zero-order chi connectivity index (χ0) is 44.2. The molecule has 0 saturated carbocycles. The molecule has 0 amide bonds. The largest absolute Gasteiger partial charge is 0.582 e. The lowest BCUT2D eigenvalue weighted by molar-refractivity contribution is -0.0599. The maximum absolute atomic E-state index is 13.0. The molecule has 6 heterocycles. The third kappa shape index (κ3) is 10.1. The standard InChI is InChI=1S/C36H58N6O12P2S2Si2/c1-35(2,3)59(7,8)20-48-26-23(51-32(28(26)52-55(46)57)41-15-13-24(44)40-34(41)45)18-49-56(47,58)53-27-22(17-43)50-33(29(27)54-60(9,10)36(4,5)6)42-16-21-12-11-14-37-30-25(21)31(42)39-19-38-30/h13,15-16,19,22-23,26-29,32-33,43H,11-12,14,17-18,20H2,1-10H3,(H3-,37,38,39,40,44,45,46,47,57,58)/p+1/t22-,23?,26-,27-,28-,29-,32-,33-,56?/m1/s1. The predicted molar refractivity (Wildman–Crippen MR) is 238 cm³/mol. The minimum atomic E-state index is -4.24. The van der Waals surface area contributed by atoms with E-state index in [-0.39, 0.29) is 10.1 Å². The summed E-state index contributed by atoms with van der Waals surface area (Å²) in [5.41, 5.74) is 0.233. The molecule has 3 aliphatic heterocycles. The molecule has 6 rings (SSSR count). The van der Waals surface area contributed by atoms with Crippen molar-refractivity contribution >= 4 is 71.2 Å². The molecule has 0 bridgehead atoms. The normalized spacial score (nSPS) is 27.8. The van der Waals surface area contributed by atoms with E-state index in [1.807, 2.05) is 10.8 Å². The zero-order valence-corrected chi connectivity index (χ0v) is 41.2. The summed E-state index contributed by atoms with van der Waals surface area (Å²) < 4.78 is 60.2. The minimum Gasteiger partial charge on any atom is -0.407 e. The highest BCUT2D eigenvalue weighted by molar-refractivity contribution is 8.39. The van der Waals surface area contributed by atoms with Gasteiger partial charge >= 0.3 is 19.6 Å². The van der Waals surface area contributed by atoms with Gasteiger partial charge in [-0.05, 0) is 57.9 Å². The first-order valence-corrected chi connectivity index (χ1v) is 31.0. The third-order valence-electron chi connectivity index (χ3n) is 12.5. The Morgan fingerprint density at radius 2 is 1.70 bits per heavy atom. The number of nitrogens with zero attached hydrogens (tertiary/aromatic N) is 4. The smallest absolute Gasteiger partial charge is 0.407 e. The number of nitrogens with one attached hydrogen (secondary N) is 2. The molecule has 0 radical (unpaired) electrons. The van der Waals surface area contributed by atoms with E-state index in [0.29, 0.717) is 11.9 Å². The van der Waals surface area contributed by atoms with E-state index in [0.717, 1.165) is 46.8 Å². The fourth-order valence-corrected chi connectivity index (χ4v) is 11.5. The second kappa shape index (κ2) is 18.0. The lowest BCUT2D eigenvalue weighted by Gasteiger charge is -2.41. The van der Waals surface area contributed by atoms with Crippen molar-refractivity contribution in [3.8, 4) is 0 Å². The Bertz CT molecular complexity index is 2220. The van der Waals surface area contributed by atoms with Crippen LogP contribution in [0.15, 0.2) is 34.4 Å². The number of rotatable bonds is 15. The molecular weight excluding hydrogens is 891 g/mol. The molecule has 60 heavy (non-hydrogen) atoms. The fourth-order valence-electron chi connectivity index (χ4n) is 7.00. The molecule has 3 aromatic heterocycles. The van der Waals surface area contributed by atoms with Gasteiger partial charge in [-0.3, -0.25) is 18.9 Å². The first-order valence-electron chi connectivity index (χ1n) is 19.9. The van der Waals surface area contributed by atoms with E-state index >= 15 is 0 Å². The Morgan fingerprint density at radius 1 is 1.02 bits per heavy atom. The Hall–Kier alpha value is -1.73. The first-order chi connectivity index (χ1) is 27.8. The van der Waals surface area contributed by atoms with Gasteiger partial charge in [0, 0.05) is 31.2 Å². The number of hydrogen-bond acceptors (Lipinski definition) is 15. The molecular formula is C36H59N6O12P2S2Si2+. The summed E-state index contributed by atoms with van der Waals surface area (Å²) in [6.07, 6.45) is -1.64. The molecule has 3 aromatic rings. The number of aromatic amines is 1. The van der Waals surface area contributed by atoms with Crippen LogP contribution in [0.4, 0.5) is 5.82 Å². The van der Waals surface area contributed by atoms with Crippen molar-refractivity contribution in [1.29, 1.82) is 0 Å². The van der Waals surface area contributed by atoms with Crippen molar-refractivity contribution in [2.75, 3.05) is 31.3 Å². The van der Waals surface area contributed by atoms with Crippen LogP contribution in [0, 0.1) is 0 Å². The van der Waals surface area contributed by atoms with Gasteiger partial charge in [0.1, 0.15) is 60.6 Å². The van der Waals surface area contributed by atoms with Gasteiger partial charge in [0.25, 0.3) is 5.56 Å². The summed E-state index contributed by atoms with van der Waals surface area (Å²) in [5.74, 6) is 0.721. The van der Waals surface area contributed by atoms with Gasteiger partial charge in [0.2, 0.25) is 0 Å². The van der Waals surface area contributed by atoms with Crippen LogP contribution in [0.1, 0.15) is 66.0 Å². The summed E-state index contributed by atoms with van der Waals surface area (Å²) in [6.45, 7) is 16.8. The van der Waals surface area contributed by atoms with Gasteiger partial charge in [-0.1, -0.05) is 54.6 Å². The Balaban J connectivity index is 1.32. The molecule has 4 N–H and O–H groups in total. The van der Waals surface area contributed by atoms with Crippen molar-refractivity contribution in [1.82, 2.24) is 24.1 Å². The van der Waals surface area contributed by atoms with Gasteiger partial charge in [-0.25, -0.2) is 14.8 Å². The van der Waals surface area contributed by atoms with E-state index in [1.165, 1.54) is 12.5 Å². The number of hydrogen-bond donors (Lipinski definition) is 5. The van der Waals surface area contributed by atoms with Crippen LogP contribution in [0.5, 0.6) is 0 Å². The summed E-state index contributed by atoms with van der Waals surface area (Å²) >= 11 is 9.68. The second-order valence-corrected chi connectivity index (χ2v) is 33.5. The monoisotopic (exact) mass is 949 g/mol. The van der Waals surface area contributed by atoms with E-state index in [1.54, 1.807) is 0 Å². The maximum Gasteiger partial charge on any atom is 0.582 e. The van der Waals surface area contributed by atoms with Crippen molar-refractivity contribution in [2.45, 2.75) is 140 Å². The van der Waals surface area contributed by atoms with Crippen LogP contribution in [-0.4, -0.2) is 113 Å². The van der Waals surface area contributed by atoms with E-state index in [2.05, 4.69) is 100 Å². The summed E-state index contributed by atoms with van der Waals surface area (Å²) in [7, 11) is -7.26. The fraction of sp³-hybridized carbons (Fsp3) is 0.722. The lowest BCUT2D eigenvalue weighted by atomic mass is 10.1. The molecule has 24 heteroatoms. The molecule has 10 atom stereocenters. The van der Waals surface area contributed by atoms with Crippen LogP contribution in [0.2, 0.25) is 36.3 Å². The number of thiol groups is 1. The summed E-state index contributed by atoms with van der Waals surface area (Å²) in [4.78, 5) is 48.2. The minimum absolute atomic E-state index is 0.0807. The molecule has 3 aliphatic rings. The van der Waals surface area contributed by atoms with Gasteiger partial charge in [0.05, 0.1) is 26.7 Å². The molecule has 0 aliphatic carbocycles. The predicted octanol–water partition coefficient (Wildman–Crippen LogP) is 5.54. The van der Waals surface area contributed by atoms with Crippen LogP contribution in [-0.2, 0) is 55.0 Å². The van der Waals surface area contributed by atoms with Gasteiger partial charge in [-0.2, -0.15) is 0 Å². The zero-order valence-electron chi connectivity index (χ0n) is 35.7. The van der Waals surface area contributed by atoms with Crippen LogP contribution in [0.25, 0.3) is 11.0 Å². The number of ether oxygens (including phenoxy) is 3. The molecule has 334 valence electrons. The van der Waals surface area contributed by atoms with E-state index in [9.17, 15) is 24.2 Å². The van der Waals surface area contributed by atoms with Crippen molar-refractivity contribution in [3.63, 3.8) is 0 Å². The number of aryl methyl sites for hydroxylation is 1. The Labute approximate surface area is 362 Å². The quantitative estimate of drug-likeness (QED) is 0.0718. The maximum atomic E-state index is 13.0. The van der Waals surface area contributed by atoms with E-state index < -0.39 is 104 Å². The van der Waals surface area contributed by atoms with Gasteiger partial charge in [0.15, 0.2) is 26.9 Å². The summed E-state index contributed by atoms with van der Waals surface area (Å²) in [5, 5.41) is 14.7. The molecule has 2 saturated heterocycles. The topological polar surface area (TPSA) is 220 Å². The number of aromatic nitrogens is 5. The molecule has 2 fully saturated rings. The number of aliphatic hydroxyl groups is 1. The van der Waals surface area contributed by atoms with Crippen molar-refractivity contribution < 1.29 is 46.8 Å². The van der Waals surface area contributed by atoms with Crippen LogP contribution < -0.4 is 16.6 Å². The highest BCUT2D eigenvalue weighted by Crippen LogP contribution is 2.52. The molecule has 3 unspecified atom stereocenters. The van der Waals surface area contributed by atoms with Crippen LogP contribution in [0.3, 0.4) is 0 Å². The number of H-pyrrole nitrogens is 1. The highest BCUT2D eigenvalue weighted by atomic mass is 32.7. The average molecular weight is 950 g/mol. The SMILES string of the molecule is CC(C)(C)[Si](C)(C)CO[C@@H]1C(COP(O)(=S)O[C@H]2[C@@H](O[Si](C)(C)C(C)(C)C)[C@H](n3cc4c5c(ncnc53)NCCC4)O[C@@H]2CO)O[C@@H](n2ccc(=O)[nH]c2=O)[C@@H]1O[P+](=O)S. The van der Waals surface area contributed by atoms with Gasteiger partial charge in [-0.15, -0.1) is 4.52 Å².